The average molecular weight is 940 g/mol. The minimum absolute atomic E-state index is 0.542. The van der Waals surface area contributed by atoms with Crippen molar-refractivity contribution in [2.45, 2.75) is 5.41 Å². The highest BCUT2D eigenvalue weighted by atomic mass is 15.1. The van der Waals surface area contributed by atoms with Crippen molar-refractivity contribution in [1.82, 2.24) is 0 Å². The predicted octanol–water partition coefficient (Wildman–Crippen LogP) is 19.6. The molecule has 0 atom stereocenters. The van der Waals surface area contributed by atoms with Crippen molar-refractivity contribution in [1.29, 1.82) is 0 Å². The molecule has 0 radical (unpaired) electrons. The molecule has 14 rings (SSSR count). The van der Waals surface area contributed by atoms with Crippen molar-refractivity contribution in [2.24, 2.45) is 0 Å². The van der Waals surface area contributed by atoms with Crippen LogP contribution in [0.25, 0.3) is 88.0 Å². The van der Waals surface area contributed by atoms with Crippen LogP contribution in [-0.4, -0.2) is 0 Å². The number of hydrogen-bond donors (Lipinski definition) is 0. The molecule has 0 fully saturated rings. The molecule has 0 aromatic heterocycles. The van der Waals surface area contributed by atoms with E-state index in [4.69, 9.17) is 0 Å². The second-order valence-electron chi connectivity index (χ2n) is 19.5. The summed E-state index contributed by atoms with van der Waals surface area (Å²) in [6, 6.07) is 110. The Morgan fingerprint density at radius 1 is 0.230 bits per heavy atom. The van der Waals surface area contributed by atoms with Gasteiger partial charge in [-0.15, -0.1) is 0 Å². The van der Waals surface area contributed by atoms with E-state index in [2.05, 4.69) is 302 Å². The Kier molecular flexibility index (Phi) is 10.5. The normalized spacial score (nSPS) is 12.4. The molecule has 346 valence electrons. The molecule has 1 nitrogen and oxygen atoms in total. The van der Waals surface area contributed by atoms with Gasteiger partial charge in [0.1, 0.15) is 0 Å². The van der Waals surface area contributed by atoms with Crippen molar-refractivity contribution >= 4 is 49.4 Å². The molecule has 0 saturated heterocycles. The Hall–Kier alpha value is -9.56. The number of anilines is 3. The van der Waals surface area contributed by atoms with Crippen LogP contribution in [0.2, 0.25) is 0 Å². The largest absolute Gasteiger partial charge is 0.310 e. The summed E-state index contributed by atoms with van der Waals surface area (Å²) in [6.07, 6.45) is 0. The smallest absolute Gasteiger partial charge is 0.0714 e. The van der Waals surface area contributed by atoms with Gasteiger partial charge in [-0.2, -0.15) is 0 Å². The lowest BCUT2D eigenvalue weighted by atomic mass is 9.67. The van der Waals surface area contributed by atoms with E-state index >= 15 is 0 Å². The van der Waals surface area contributed by atoms with Crippen molar-refractivity contribution in [3.8, 4) is 55.6 Å². The van der Waals surface area contributed by atoms with Gasteiger partial charge in [0, 0.05) is 16.8 Å². The highest BCUT2D eigenvalue weighted by molar-refractivity contribution is 6.22. The minimum atomic E-state index is -0.542. The van der Waals surface area contributed by atoms with Crippen molar-refractivity contribution in [3.05, 3.63) is 320 Å². The molecule has 13 aromatic carbocycles. The van der Waals surface area contributed by atoms with Gasteiger partial charge >= 0.3 is 0 Å². The van der Waals surface area contributed by atoms with Crippen LogP contribution >= 0.6 is 0 Å². The Morgan fingerprint density at radius 2 is 0.689 bits per heavy atom. The molecule has 1 aliphatic rings. The van der Waals surface area contributed by atoms with Gasteiger partial charge in [-0.3, -0.25) is 0 Å². The van der Waals surface area contributed by atoms with E-state index in [1.54, 1.807) is 0 Å². The van der Waals surface area contributed by atoms with Gasteiger partial charge in [0.2, 0.25) is 0 Å². The van der Waals surface area contributed by atoms with Gasteiger partial charge in [0.15, 0.2) is 0 Å². The summed E-state index contributed by atoms with van der Waals surface area (Å²) >= 11 is 0. The number of hydrogen-bond acceptors (Lipinski definition) is 1. The topological polar surface area (TPSA) is 3.24 Å². The highest BCUT2D eigenvalue weighted by Crippen LogP contribution is 2.58. The zero-order valence-electron chi connectivity index (χ0n) is 40.7. The summed E-state index contributed by atoms with van der Waals surface area (Å²) in [7, 11) is 0. The van der Waals surface area contributed by atoms with Crippen LogP contribution in [-0.2, 0) is 5.41 Å². The number of nitrogens with zero attached hydrogens (tertiary/aromatic N) is 1. The number of rotatable bonds is 9. The van der Waals surface area contributed by atoms with E-state index in [9.17, 15) is 0 Å². The molecule has 0 unspecified atom stereocenters. The minimum Gasteiger partial charge on any atom is -0.310 e. The molecule has 0 N–H and O–H groups in total. The van der Waals surface area contributed by atoms with Gasteiger partial charge in [-0.25, -0.2) is 0 Å². The molecular formula is C73H49N. The fourth-order valence-electron chi connectivity index (χ4n) is 12.3. The summed E-state index contributed by atoms with van der Waals surface area (Å²) in [5, 5.41) is 7.39. The maximum atomic E-state index is 2.48. The third-order valence-corrected chi connectivity index (χ3v) is 15.5. The summed E-state index contributed by atoms with van der Waals surface area (Å²) in [5.74, 6) is 0. The Bertz CT molecular complexity index is 4160. The second kappa shape index (κ2) is 17.9. The summed E-state index contributed by atoms with van der Waals surface area (Å²) in [6.45, 7) is 0. The molecule has 0 aliphatic heterocycles. The Balaban J connectivity index is 0.981. The molecule has 0 amide bonds. The zero-order valence-corrected chi connectivity index (χ0v) is 40.7. The third-order valence-electron chi connectivity index (χ3n) is 15.5. The number of benzene rings is 13. The van der Waals surface area contributed by atoms with Crippen molar-refractivity contribution < 1.29 is 0 Å². The van der Waals surface area contributed by atoms with Gasteiger partial charge in [-0.1, -0.05) is 261 Å². The van der Waals surface area contributed by atoms with Gasteiger partial charge in [0.05, 0.1) is 11.1 Å². The fourth-order valence-corrected chi connectivity index (χ4v) is 12.3. The van der Waals surface area contributed by atoms with E-state index in [0.717, 1.165) is 22.6 Å². The SMILES string of the molecule is c1ccc(-c2ccc(N(c3ccc(-c4ccc5c(c4)c(-c4ccccc4)c(-c4ccccc4)c4ccccc45)cc3)c3ccc4c(c3)C(c3ccccc3)(c3ccccc3)c3ccccc3-4)c3ccccc23)cc1. The van der Waals surface area contributed by atoms with Crippen LogP contribution in [0.3, 0.4) is 0 Å². The first-order valence-electron chi connectivity index (χ1n) is 25.7. The maximum absolute atomic E-state index is 2.48. The lowest BCUT2D eigenvalue weighted by Gasteiger charge is -2.35. The van der Waals surface area contributed by atoms with E-state index in [-0.39, 0.29) is 0 Å². The third kappa shape index (κ3) is 6.93. The van der Waals surface area contributed by atoms with Crippen LogP contribution in [0.15, 0.2) is 297 Å². The molecule has 74 heavy (non-hydrogen) atoms. The molecule has 0 spiro atoms. The van der Waals surface area contributed by atoms with Crippen LogP contribution < -0.4 is 4.90 Å². The molecule has 1 heteroatoms. The first-order chi connectivity index (χ1) is 36.7. The molecule has 1 aliphatic carbocycles. The van der Waals surface area contributed by atoms with Gasteiger partial charge in [-0.05, 0) is 141 Å². The molecule has 0 bridgehead atoms. The van der Waals surface area contributed by atoms with Crippen LogP contribution in [0, 0.1) is 0 Å². The van der Waals surface area contributed by atoms with Crippen LogP contribution in [0.5, 0.6) is 0 Å². The number of fused-ring (bicyclic) bond motifs is 7. The summed E-state index contributed by atoms with van der Waals surface area (Å²) in [5.41, 5.74) is 20.0. The monoisotopic (exact) mass is 939 g/mol. The zero-order chi connectivity index (χ0) is 49.0. The second-order valence-corrected chi connectivity index (χ2v) is 19.5. The molecule has 0 heterocycles. The van der Waals surface area contributed by atoms with Crippen LogP contribution in [0.4, 0.5) is 17.1 Å². The lowest BCUT2D eigenvalue weighted by Crippen LogP contribution is -2.28. The lowest BCUT2D eigenvalue weighted by molar-refractivity contribution is 0.768. The predicted molar refractivity (Wildman–Crippen MR) is 313 cm³/mol. The van der Waals surface area contributed by atoms with Gasteiger partial charge < -0.3 is 4.90 Å². The summed E-state index contributed by atoms with van der Waals surface area (Å²) < 4.78 is 0. The average Bonchev–Trinajstić information content (AvgIpc) is 3.78. The molecule has 0 saturated carbocycles. The van der Waals surface area contributed by atoms with Crippen molar-refractivity contribution in [2.75, 3.05) is 4.90 Å². The Labute approximate surface area is 432 Å². The fraction of sp³-hybridized carbons (Fsp3) is 0.0137. The quantitative estimate of drug-likeness (QED) is 0.130. The van der Waals surface area contributed by atoms with E-state index in [1.807, 2.05) is 0 Å². The standard InChI is InChI=1S/C73H49N/c1-6-22-51(23-7-1)59-46-47-70(65-35-18-16-32-60(59)65)74(58-43-45-64-63-34-20-21-37-68(63)73(69(64)49-58,55-28-12-4-13-29-55)56-30-14-5-15-31-56)57-41-38-50(39-42-57)54-40-44-62-61-33-17-19-36-66(61)71(52-24-8-2-9-25-52)72(67(62)48-54)53-26-10-3-11-27-53/h1-49H. The van der Waals surface area contributed by atoms with E-state index in [0.29, 0.717) is 0 Å². The van der Waals surface area contributed by atoms with E-state index in [1.165, 1.54) is 105 Å². The van der Waals surface area contributed by atoms with Gasteiger partial charge in [0.25, 0.3) is 0 Å². The van der Waals surface area contributed by atoms with E-state index < -0.39 is 5.41 Å². The van der Waals surface area contributed by atoms with Crippen molar-refractivity contribution in [3.63, 3.8) is 0 Å². The first kappa shape index (κ1) is 43.2. The Morgan fingerprint density at radius 3 is 1.34 bits per heavy atom. The first-order valence-corrected chi connectivity index (χ1v) is 25.7. The highest BCUT2D eigenvalue weighted by Gasteiger charge is 2.46. The molecule has 13 aromatic rings. The summed E-state index contributed by atoms with van der Waals surface area (Å²) in [4.78, 5) is 2.48. The molecular weight excluding hydrogens is 891 g/mol. The maximum Gasteiger partial charge on any atom is 0.0714 e. The van der Waals surface area contributed by atoms with Crippen LogP contribution in [0.1, 0.15) is 22.3 Å².